The number of ether oxygens (including phenoxy) is 2. The van der Waals surface area contributed by atoms with E-state index in [1.165, 1.54) is 12.7 Å². The molecule has 1 rings (SSSR count). The third kappa shape index (κ3) is 2.99. The summed E-state index contributed by atoms with van der Waals surface area (Å²) in [4.78, 5) is 11.6. The Bertz CT molecular complexity index is 433. The number of hydrogen-bond donors (Lipinski definition) is 0. The molecule has 0 atom stereocenters. The number of aryl methyl sites for hydroxylation is 3. The Labute approximate surface area is 103 Å². The predicted octanol–water partition coefficient (Wildman–Crippen LogP) is 2.94. The molecule has 17 heavy (non-hydrogen) atoms. The van der Waals surface area contributed by atoms with E-state index in [4.69, 9.17) is 9.47 Å². The molecular weight excluding hydrogens is 216 g/mol. The molecule has 1 aromatic carbocycles. The topological polar surface area (TPSA) is 35.5 Å². The van der Waals surface area contributed by atoms with Crippen LogP contribution in [0.2, 0.25) is 0 Å². The summed E-state index contributed by atoms with van der Waals surface area (Å²) in [7, 11) is 1.36. The van der Waals surface area contributed by atoms with Crippen LogP contribution in [-0.2, 0) is 9.53 Å². The molecule has 3 nitrogen and oxygen atoms in total. The van der Waals surface area contributed by atoms with Crippen LogP contribution in [0.5, 0.6) is 5.75 Å². The largest absolute Gasteiger partial charge is 0.476 e. The van der Waals surface area contributed by atoms with E-state index in [9.17, 15) is 4.79 Å². The van der Waals surface area contributed by atoms with Crippen LogP contribution in [0.15, 0.2) is 12.1 Å². The van der Waals surface area contributed by atoms with Crippen molar-refractivity contribution in [2.24, 2.45) is 0 Å². The van der Waals surface area contributed by atoms with Crippen LogP contribution >= 0.6 is 0 Å². The van der Waals surface area contributed by atoms with Crippen molar-refractivity contribution in [3.8, 4) is 5.75 Å². The van der Waals surface area contributed by atoms with Gasteiger partial charge in [0.2, 0.25) is 0 Å². The summed E-state index contributed by atoms with van der Waals surface area (Å²) in [6, 6.07) is 4.01. The van der Waals surface area contributed by atoms with Crippen LogP contribution < -0.4 is 4.74 Å². The zero-order chi connectivity index (χ0) is 13.2. The van der Waals surface area contributed by atoms with Crippen molar-refractivity contribution < 1.29 is 14.3 Å². The van der Waals surface area contributed by atoms with Crippen molar-refractivity contribution >= 4 is 5.97 Å². The van der Waals surface area contributed by atoms with Crippen LogP contribution in [0, 0.1) is 20.8 Å². The third-order valence-electron chi connectivity index (χ3n) is 2.83. The summed E-state index contributed by atoms with van der Waals surface area (Å²) in [6.45, 7) is 9.44. The van der Waals surface area contributed by atoms with Gasteiger partial charge in [-0.05, 0) is 57.4 Å². The first-order chi connectivity index (χ1) is 7.77. The second kappa shape index (κ2) is 4.78. The van der Waals surface area contributed by atoms with E-state index in [-0.39, 0.29) is 5.97 Å². The van der Waals surface area contributed by atoms with Gasteiger partial charge >= 0.3 is 5.97 Å². The van der Waals surface area contributed by atoms with Gasteiger partial charge in [-0.25, -0.2) is 4.79 Å². The van der Waals surface area contributed by atoms with E-state index in [1.54, 1.807) is 13.8 Å². The molecule has 0 aliphatic heterocycles. The Kier molecular flexibility index (Phi) is 3.81. The first-order valence-electron chi connectivity index (χ1n) is 5.63. The number of methoxy groups -OCH3 is 1. The quantitative estimate of drug-likeness (QED) is 0.757. The highest BCUT2D eigenvalue weighted by Gasteiger charge is 2.31. The van der Waals surface area contributed by atoms with Crippen LogP contribution in [0.4, 0.5) is 0 Å². The van der Waals surface area contributed by atoms with Crippen molar-refractivity contribution in [3.63, 3.8) is 0 Å². The van der Waals surface area contributed by atoms with Crippen molar-refractivity contribution in [1.29, 1.82) is 0 Å². The Hall–Kier alpha value is -1.51. The van der Waals surface area contributed by atoms with Crippen LogP contribution in [0.3, 0.4) is 0 Å². The molecule has 0 spiro atoms. The van der Waals surface area contributed by atoms with Gasteiger partial charge in [0.15, 0.2) is 5.60 Å². The zero-order valence-corrected chi connectivity index (χ0v) is 11.4. The minimum Gasteiger partial charge on any atom is -0.476 e. The molecule has 0 heterocycles. The fourth-order valence-electron chi connectivity index (χ4n) is 1.61. The van der Waals surface area contributed by atoms with Crippen molar-refractivity contribution in [1.82, 2.24) is 0 Å². The molecule has 0 bridgehead atoms. The monoisotopic (exact) mass is 236 g/mol. The average molecular weight is 236 g/mol. The highest BCUT2D eigenvalue weighted by Crippen LogP contribution is 2.26. The smallest absolute Gasteiger partial charge is 0.349 e. The predicted molar refractivity (Wildman–Crippen MR) is 67.4 cm³/mol. The minimum absolute atomic E-state index is 0.380. The van der Waals surface area contributed by atoms with Crippen molar-refractivity contribution in [2.75, 3.05) is 7.11 Å². The number of benzene rings is 1. The lowest BCUT2D eigenvalue weighted by Gasteiger charge is -2.25. The summed E-state index contributed by atoms with van der Waals surface area (Å²) in [5.74, 6) is 0.346. The summed E-state index contributed by atoms with van der Waals surface area (Å²) >= 11 is 0. The van der Waals surface area contributed by atoms with Gasteiger partial charge in [0.1, 0.15) is 5.75 Å². The Morgan fingerprint density at radius 1 is 1.06 bits per heavy atom. The molecular formula is C14H20O3. The third-order valence-corrected chi connectivity index (χ3v) is 2.83. The lowest BCUT2D eigenvalue weighted by atomic mass is 10.0. The van der Waals surface area contributed by atoms with E-state index >= 15 is 0 Å². The molecule has 0 unspecified atom stereocenters. The van der Waals surface area contributed by atoms with Crippen LogP contribution in [0.1, 0.15) is 30.5 Å². The van der Waals surface area contributed by atoms with Gasteiger partial charge in [-0.1, -0.05) is 6.07 Å². The second-order valence-corrected chi connectivity index (χ2v) is 4.81. The highest BCUT2D eigenvalue weighted by atomic mass is 16.6. The molecule has 0 saturated heterocycles. The molecule has 0 aliphatic rings. The average Bonchev–Trinajstić information content (AvgIpc) is 2.24. The molecule has 0 amide bonds. The van der Waals surface area contributed by atoms with Crippen molar-refractivity contribution in [2.45, 2.75) is 40.2 Å². The first-order valence-corrected chi connectivity index (χ1v) is 5.63. The van der Waals surface area contributed by atoms with E-state index in [1.807, 2.05) is 19.9 Å². The first kappa shape index (κ1) is 13.6. The fraction of sp³-hybridized carbons (Fsp3) is 0.500. The molecule has 3 heteroatoms. The number of rotatable bonds is 3. The molecule has 1 aromatic rings. The van der Waals surface area contributed by atoms with Crippen LogP contribution in [-0.4, -0.2) is 18.7 Å². The summed E-state index contributed by atoms with van der Waals surface area (Å²) in [5.41, 5.74) is 2.41. The lowest BCUT2D eigenvalue weighted by molar-refractivity contribution is -0.156. The van der Waals surface area contributed by atoms with Gasteiger partial charge in [0.05, 0.1) is 7.11 Å². The molecule has 0 aliphatic carbocycles. The minimum atomic E-state index is -0.971. The van der Waals surface area contributed by atoms with E-state index in [0.29, 0.717) is 0 Å². The standard InChI is InChI=1S/C14H20O3/c1-9-7-11(3)12(8-10(9)2)17-14(4,5)13(15)16-6/h7-8H,1-6H3. The summed E-state index contributed by atoms with van der Waals surface area (Å²) in [6.07, 6.45) is 0. The fourth-order valence-corrected chi connectivity index (χ4v) is 1.61. The number of carbonyl (C=O) groups is 1. The van der Waals surface area contributed by atoms with E-state index in [0.717, 1.165) is 16.9 Å². The molecule has 0 radical (unpaired) electrons. The maximum Gasteiger partial charge on any atom is 0.349 e. The van der Waals surface area contributed by atoms with Gasteiger partial charge in [-0.15, -0.1) is 0 Å². The molecule has 0 fully saturated rings. The molecule has 0 saturated carbocycles. The maximum absolute atomic E-state index is 11.6. The molecule has 0 aromatic heterocycles. The Balaban J connectivity index is 3.03. The normalized spacial score (nSPS) is 11.2. The number of carbonyl (C=O) groups excluding carboxylic acids is 1. The summed E-state index contributed by atoms with van der Waals surface area (Å²) in [5, 5.41) is 0. The van der Waals surface area contributed by atoms with Crippen LogP contribution in [0.25, 0.3) is 0 Å². The maximum atomic E-state index is 11.6. The summed E-state index contributed by atoms with van der Waals surface area (Å²) < 4.78 is 10.5. The Morgan fingerprint density at radius 3 is 2.12 bits per heavy atom. The second-order valence-electron chi connectivity index (χ2n) is 4.81. The van der Waals surface area contributed by atoms with Gasteiger partial charge in [0, 0.05) is 0 Å². The van der Waals surface area contributed by atoms with Gasteiger partial charge in [-0.2, -0.15) is 0 Å². The SMILES string of the molecule is COC(=O)C(C)(C)Oc1cc(C)c(C)cc1C. The highest BCUT2D eigenvalue weighted by molar-refractivity contribution is 5.78. The van der Waals surface area contributed by atoms with E-state index in [2.05, 4.69) is 13.0 Å². The van der Waals surface area contributed by atoms with Gasteiger partial charge in [0.25, 0.3) is 0 Å². The molecule has 94 valence electrons. The van der Waals surface area contributed by atoms with Crippen molar-refractivity contribution in [3.05, 3.63) is 28.8 Å². The zero-order valence-electron chi connectivity index (χ0n) is 11.4. The van der Waals surface area contributed by atoms with E-state index < -0.39 is 5.60 Å². The lowest BCUT2D eigenvalue weighted by Crippen LogP contribution is -2.39. The van der Waals surface area contributed by atoms with Gasteiger partial charge < -0.3 is 9.47 Å². The molecule has 0 N–H and O–H groups in total. The van der Waals surface area contributed by atoms with Gasteiger partial charge in [-0.3, -0.25) is 0 Å². The Morgan fingerprint density at radius 2 is 1.59 bits per heavy atom. The number of hydrogen-bond acceptors (Lipinski definition) is 3. The number of esters is 1.